The van der Waals surface area contributed by atoms with Crippen LogP contribution in [0.15, 0.2) is 35.3 Å². The number of para-hydroxylation sites is 1. The average Bonchev–Trinajstić information content (AvgIpc) is 2.73. The molecular weight excluding hydrogens is 481 g/mol. The molecule has 1 saturated heterocycles. The molecule has 2 rings (SSSR count). The molecule has 1 aromatic carbocycles. The van der Waals surface area contributed by atoms with Crippen molar-refractivity contribution in [3.63, 3.8) is 0 Å². The van der Waals surface area contributed by atoms with Gasteiger partial charge in [-0.15, -0.1) is 24.0 Å². The molecule has 1 N–H and O–H groups in total. The van der Waals surface area contributed by atoms with E-state index < -0.39 is 0 Å². The molecule has 29 heavy (non-hydrogen) atoms. The van der Waals surface area contributed by atoms with E-state index in [9.17, 15) is 0 Å². The summed E-state index contributed by atoms with van der Waals surface area (Å²) < 4.78 is 17.2. The first-order chi connectivity index (χ1) is 13.8. The van der Waals surface area contributed by atoms with Gasteiger partial charge in [-0.2, -0.15) is 0 Å². The van der Waals surface area contributed by atoms with Gasteiger partial charge in [0.1, 0.15) is 11.9 Å². The van der Waals surface area contributed by atoms with Crippen molar-refractivity contribution < 1.29 is 14.2 Å². The number of piperidine rings is 1. The number of nitrogens with zero attached hydrogens (tertiary/aromatic N) is 2. The minimum Gasteiger partial charge on any atom is -0.490 e. The maximum absolute atomic E-state index is 6.09. The third-order valence-electron chi connectivity index (χ3n) is 4.63. The topological polar surface area (TPSA) is 55.3 Å². The van der Waals surface area contributed by atoms with Gasteiger partial charge in [0.05, 0.1) is 26.4 Å². The van der Waals surface area contributed by atoms with Gasteiger partial charge in [-0.25, -0.2) is 0 Å². The summed E-state index contributed by atoms with van der Waals surface area (Å²) in [6.07, 6.45) is 4.56. The summed E-state index contributed by atoms with van der Waals surface area (Å²) >= 11 is 0. The van der Waals surface area contributed by atoms with Crippen LogP contribution in [0, 0.1) is 0 Å². The fourth-order valence-corrected chi connectivity index (χ4v) is 3.09. The fraction of sp³-hybridized carbons (Fsp3) is 0.682. The lowest BCUT2D eigenvalue weighted by molar-refractivity contribution is 0.0496. The maximum Gasteiger partial charge on any atom is 0.193 e. The van der Waals surface area contributed by atoms with Gasteiger partial charge in [0.25, 0.3) is 0 Å². The summed E-state index contributed by atoms with van der Waals surface area (Å²) in [5.41, 5.74) is 0. The van der Waals surface area contributed by atoms with Gasteiger partial charge in [0, 0.05) is 39.1 Å². The Morgan fingerprint density at radius 3 is 2.38 bits per heavy atom. The Balaban J connectivity index is 0.00000420. The Labute approximate surface area is 193 Å². The molecule has 0 radical (unpaired) electrons. The van der Waals surface area contributed by atoms with Crippen molar-refractivity contribution in [1.82, 2.24) is 10.2 Å². The summed E-state index contributed by atoms with van der Waals surface area (Å²) in [7, 11) is 0. The number of rotatable bonds is 12. The van der Waals surface area contributed by atoms with E-state index >= 15 is 0 Å². The minimum absolute atomic E-state index is 0. The Morgan fingerprint density at radius 2 is 1.72 bits per heavy atom. The zero-order valence-corrected chi connectivity index (χ0v) is 20.3. The number of nitrogens with one attached hydrogen (secondary N) is 1. The highest BCUT2D eigenvalue weighted by molar-refractivity contribution is 14.0. The molecule has 0 spiro atoms. The molecule has 166 valence electrons. The summed E-state index contributed by atoms with van der Waals surface area (Å²) in [5.74, 6) is 1.93. The number of benzene rings is 1. The SMILES string of the molecule is CCCCOCCOCCN=C(NCC)N1CCC(Oc2ccccc2)CC1.I. The third kappa shape index (κ3) is 11.1. The van der Waals surface area contributed by atoms with Crippen molar-refractivity contribution in [3.8, 4) is 5.75 Å². The smallest absolute Gasteiger partial charge is 0.193 e. The van der Waals surface area contributed by atoms with E-state index in [1.54, 1.807) is 0 Å². The van der Waals surface area contributed by atoms with E-state index in [2.05, 4.69) is 24.1 Å². The molecule has 0 atom stereocenters. The molecule has 7 heteroatoms. The van der Waals surface area contributed by atoms with Gasteiger partial charge in [0.2, 0.25) is 0 Å². The number of unbranched alkanes of at least 4 members (excludes halogenated alkanes) is 1. The monoisotopic (exact) mass is 519 g/mol. The predicted octanol–water partition coefficient (Wildman–Crippen LogP) is 3.95. The van der Waals surface area contributed by atoms with Crippen molar-refractivity contribution in [2.24, 2.45) is 4.99 Å². The maximum atomic E-state index is 6.09. The van der Waals surface area contributed by atoms with Crippen LogP contribution in [0.5, 0.6) is 5.75 Å². The summed E-state index contributed by atoms with van der Waals surface area (Å²) in [5, 5.41) is 3.40. The normalized spacial score (nSPS) is 15.1. The van der Waals surface area contributed by atoms with Gasteiger partial charge < -0.3 is 24.4 Å². The molecule has 1 aliphatic rings. The third-order valence-corrected chi connectivity index (χ3v) is 4.63. The first-order valence-electron chi connectivity index (χ1n) is 10.7. The first kappa shape index (κ1) is 26.0. The van der Waals surface area contributed by atoms with Crippen molar-refractivity contribution in [2.75, 3.05) is 52.6 Å². The van der Waals surface area contributed by atoms with Crippen LogP contribution >= 0.6 is 24.0 Å². The number of likely N-dealkylation sites (tertiary alicyclic amines) is 1. The molecule has 0 saturated carbocycles. The molecule has 0 amide bonds. The van der Waals surface area contributed by atoms with Crippen LogP contribution in [-0.4, -0.2) is 69.6 Å². The van der Waals surface area contributed by atoms with Gasteiger partial charge in [-0.1, -0.05) is 31.5 Å². The number of ether oxygens (including phenoxy) is 3. The van der Waals surface area contributed by atoms with Gasteiger partial charge in [-0.3, -0.25) is 4.99 Å². The van der Waals surface area contributed by atoms with Crippen LogP contribution in [0.4, 0.5) is 0 Å². The molecule has 1 fully saturated rings. The van der Waals surface area contributed by atoms with Crippen LogP contribution in [0.3, 0.4) is 0 Å². The van der Waals surface area contributed by atoms with Crippen LogP contribution in [0.2, 0.25) is 0 Å². The lowest BCUT2D eigenvalue weighted by Gasteiger charge is -2.34. The Hall–Kier alpha value is -1.06. The minimum atomic E-state index is 0. The summed E-state index contributed by atoms with van der Waals surface area (Å²) in [4.78, 5) is 7.04. The molecule has 1 aromatic rings. The Kier molecular flexibility index (Phi) is 15.0. The lowest BCUT2D eigenvalue weighted by atomic mass is 10.1. The first-order valence-corrected chi connectivity index (χ1v) is 10.7. The van der Waals surface area contributed by atoms with Crippen molar-refractivity contribution in [3.05, 3.63) is 30.3 Å². The second-order valence-electron chi connectivity index (χ2n) is 6.93. The van der Waals surface area contributed by atoms with E-state index in [1.165, 1.54) is 6.42 Å². The van der Waals surface area contributed by atoms with E-state index in [0.717, 1.165) is 57.2 Å². The number of hydrogen-bond acceptors (Lipinski definition) is 4. The zero-order chi connectivity index (χ0) is 19.9. The van der Waals surface area contributed by atoms with Gasteiger partial charge >= 0.3 is 0 Å². The number of guanidine groups is 1. The quantitative estimate of drug-likeness (QED) is 0.196. The highest BCUT2D eigenvalue weighted by Crippen LogP contribution is 2.18. The summed E-state index contributed by atoms with van der Waals surface area (Å²) in [6, 6.07) is 10.1. The van der Waals surface area contributed by atoms with E-state index in [4.69, 9.17) is 19.2 Å². The second-order valence-corrected chi connectivity index (χ2v) is 6.93. The molecule has 1 heterocycles. The number of aliphatic imine (C=N–C) groups is 1. The molecular formula is C22H38IN3O3. The Morgan fingerprint density at radius 1 is 1.03 bits per heavy atom. The molecule has 0 unspecified atom stereocenters. The van der Waals surface area contributed by atoms with Crippen LogP contribution in [-0.2, 0) is 9.47 Å². The fourth-order valence-electron chi connectivity index (χ4n) is 3.09. The van der Waals surface area contributed by atoms with Crippen LogP contribution in [0.1, 0.15) is 39.5 Å². The van der Waals surface area contributed by atoms with Crippen LogP contribution < -0.4 is 10.1 Å². The van der Waals surface area contributed by atoms with Gasteiger partial charge in [-0.05, 0) is 25.5 Å². The Bertz CT molecular complexity index is 537. The number of hydrogen-bond donors (Lipinski definition) is 1. The molecule has 0 aliphatic carbocycles. The predicted molar refractivity (Wildman–Crippen MR) is 130 cm³/mol. The molecule has 0 aromatic heterocycles. The highest BCUT2D eigenvalue weighted by atomic mass is 127. The number of halogens is 1. The largest absolute Gasteiger partial charge is 0.490 e. The van der Waals surface area contributed by atoms with E-state index in [1.807, 2.05) is 30.3 Å². The average molecular weight is 519 g/mol. The lowest BCUT2D eigenvalue weighted by Crippen LogP contribution is -2.47. The van der Waals surface area contributed by atoms with Crippen molar-refractivity contribution >= 4 is 29.9 Å². The van der Waals surface area contributed by atoms with Crippen molar-refractivity contribution in [2.45, 2.75) is 45.6 Å². The highest BCUT2D eigenvalue weighted by Gasteiger charge is 2.22. The molecule has 0 bridgehead atoms. The van der Waals surface area contributed by atoms with Crippen LogP contribution in [0.25, 0.3) is 0 Å². The standard InChI is InChI=1S/C22H37N3O3.HI/c1-3-5-16-26-18-19-27-17-13-24-22(23-4-2)25-14-11-21(12-15-25)28-20-9-7-6-8-10-20;/h6-10,21H,3-5,11-19H2,1-2H3,(H,23,24);1H. The van der Waals surface area contributed by atoms with Crippen molar-refractivity contribution in [1.29, 1.82) is 0 Å². The molecule has 1 aliphatic heterocycles. The zero-order valence-electron chi connectivity index (χ0n) is 18.0. The summed E-state index contributed by atoms with van der Waals surface area (Å²) in [6.45, 7) is 10.5. The van der Waals surface area contributed by atoms with E-state index in [0.29, 0.717) is 26.4 Å². The second kappa shape index (κ2) is 16.7. The molecule has 6 nitrogen and oxygen atoms in total. The van der Waals surface area contributed by atoms with E-state index in [-0.39, 0.29) is 30.1 Å². The van der Waals surface area contributed by atoms with Gasteiger partial charge in [0.15, 0.2) is 5.96 Å².